The van der Waals surface area contributed by atoms with Gasteiger partial charge in [0.05, 0.1) is 6.10 Å². The van der Waals surface area contributed by atoms with Crippen LogP contribution in [0.1, 0.15) is 19.7 Å². The van der Waals surface area contributed by atoms with Crippen molar-refractivity contribution in [3.8, 4) is 0 Å². The second kappa shape index (κ2) is 6.44. The zero-order chi connectivity index (χ0) is 12.0. The molecule has 0 fully saturated rings. The van der Waals surface area contributed by atoms with Crippen molar-refractivity contribution in [3.63, 3.8) is 0 Å². The summed E-state index contributed by atoms with van der Waals surface area (Å²) in [6.45, 7) is 6.27. The van der Waals surface area contributed by atoms with Crippen LogP contribution in [0.15, 0.2) is 0 Å². The van der Waals surface area contributed by atoms with Crippen molar-refractivity contribution >= 4 is 5.95 Å². The number of anilines is 1. The number of hydrogen-bond acceptors (Lipinski definition) is 5. The lowest BCUT2D eigenvalue weighted by atomic mass is 10.2. The van der Waals surface area contributed by atoms with Crippen molar-refractivity contribution in [1.29, 1.82) is 0 Å². The lowest BCUT2D eigenvalue weighted by Gasteiger charge is -2.13. The number of aromatic nitrogens is 3. The molecule has 0 radical (unpaired) electrons. The molecule has 0 amide bonds. The number of nitrogens with two attached hydrogens (primary N) is 1. The maximum Gasteiger partial charge on any atom is 0.224 e. The minimum atomic E-state index is 0.00368. The molecule has 0 aliphatic carbocycles. The quantitative estimate of drug-likeness (QED) is 0.698. The number of methoxy groups -OCH3 is 1. The molecule has 3 N–H and O–H groups in total. The van der Waals surface area contributed by atoms with Gasteiger partial charge in [-0.2, -0.15) is 0 Å². The zero-order valence-electron chi connectivity index (χ0n) is 10.2. The Morgan fingerprint density at radius 3 is 2.69 bits per heavy atom. The lowest BCUT2D eigenvalue weighted by Crippen LogP contribution is -2.26. The molecule has 92 valence electrons. The highest BCUT2D eigenvalue weighted by Gasteiger charge is 2.14. The third-order valence-corrected chi connectivity index (χ3v) is 2.48. The lowest BCUT2D eigenvalue weighted by molar-refractivity contribution is 0.107. The highest BCUT2D eigenvalue weighted by Crippen LogP contribution is 2.10. The molecule has 0 aliphatic heterocycles. The van der Waals surface area contributed by atoms with Crippen LogP contribution in [0.25, 0.3) is 0 Å². The molecular weight excluding hydrogens is 206 g/mol. The van der Waals surface area contributed by atoms with Crippen molar-refractivity contribution < 1.29 is 4.74 Å². The van der Waals surface area contributed by atoms with Gasteiger partial charge < -0.3 is 15.8 Å². The first-order chi connectivity index (χ1) is 7.76. The van der Waals surface area contributed by atoms with E-state index in [2.05, 4.69) is 22.4 Å². The Labute approximate surface area is 96.2 Å². The van der Waals surface area contributed by atoms with E-state index in [-0.39, 0.29) is 6.10 Å². The van der Waals surface area contributed by atoms with Gasteiger partial charge in [0.1, 0.15) is 5.82 Å². The van der Waals surface area contributed by atoms with Crippen LogP contribution in [0.2, 0.25) is 0 Å². The molecule has 1 aromatic rings. The van der Waals surface area contributed by atoms with Gasteiger partial charge in [0, 0.05) is 33.2 Å². The summed E-state index contributed by atoms with van der Waals surface area (Å²) in [5.41, 5.74) is 5.59. The van der Waals surface area contributed by atoms with Crippen molar-refractivity contribution in [2.75, 3.05) is 25.5 Å². The van der Waals surface area contributed by atoms with Crippen LogP contribution in [0.4, 0.5) is 5.95 Å². The summed E-state index contributed by atoms with van der Waals surface area (Å²) < 4.78 is 7.29. The predicted octanol–water partition coefficient (Wildman–Crippen LogP) is 0.246. The number of rotatable bonds is 7. The van der Waals surface area contributed by atoms with E-state index in [0.717, 1.165) is 24.9 Å². The van der Waals surface area contributed by atoms with Gasteiger partial charge in [0.25, 0.3) is 0 Å². The molecule has 0 aromatic carbocycles. The van der Waals surface area contributed by atoms with E-state index in [0.29, 0.717) is 13.0 Å². The number of hydrogen-bond donors (Lipinski definition) is 2. The Balaban J connectivity index is 2.79. The first-order valence-corrected chi connectivity index (χ1v) is 5.65. The monoisotopic (exact) mass is 227 g/mol. The molecule has 16 heavy (non-hydrogen) atoms. The van der Waals surface area contributed by atoms with Crippen LogP contribution in [-0.2, 0) is 17.7 Å². The SMILES string of the molecule is CCNc1nnc(CC(CN)OC)n1CC. The minimum absolute atomic E-state index is 0.00368. The van der Waals surface area contributed by atoms with E-state index >= 15 is 0 Å². The topological polar surface area (TPSA) is 78.0 Å². The first kappa shape index (κ1) is 12.9. The molecule has 0 aliphatic rings. The van der Waals surface area contributed by atoms with Gasteiger partial charge in [0.15, 0.2) is 0 Å². The average molecular weight is 227 g/mol. The van der Waals surface area contributed by atoms with Crippen LogP contribution in [-0.4, -0.2) is 41.1 Å². The van der Waals surface area contributed by atoms with Crippen LogP contribution in [0.3, 0.4) is 0 Å². The van der Waals surface area contributed by atoms with Crippen LogP contribution in [0, 0.1) is 0 Å². The van der Waals surface area contributed by atoms with E-state index in [9.17, 15) is 0 Å². The van der Waals surface area contributed by atoms with E-state index in [1.54, 1.807) is 7.11 Å². The van der Waals surface area contributed by atoms with Gasteiger partial charge in [-0.15, -0.1) is 10.2 Å². The van der Waals surface area contributed by atoms with Gasteiger partial charge in [0.2, 0.25) is 5.95 Å². The van der Waals surface area contributed by atoms with Crippen molar-refractivity contribution in [2.45, 2.75) is 32.9 Å². The summed E-state index contributed by atoms with van der Waals surface area (Å²) in [5.74, 6) is 1.72. The first-order valence-electron chi connectivity index (χ1n) is 5.65. The third-order valence-electron chi connectivity index (χ3n) is 2.48. The standard InChI is InChI=1S/C10H21N5O/c1-4-12-10-14-13-9(15(10)5-2)6-8(7-11)16-3/h8H,4-7,11H2,1-3H3,(H,12,14). The van der Waals surface area contributed by atoms with Crippen LogP contribution in [0.5, 0.6) is 0 Å². The van der Waals surface area contributed by atoms with Crippen molar-refractivity contribution in [2.24, 2.45) is 5.73 Å². The summed E-state index contributed by atoms with van der Waals surface area (Å²) in [6.07, 6.45) is 0.697. The predicted molar refractivity (Wildman–Crippen MR) is 63.4 cm³/mol. The maximum atomic E-state index is 5.59. The Hall–Kier alpha value is -1.14. The molecule has 1 atom stereocenters. The molecule has 0 bridgehead atoms. The van der Waals surface area contributed by atoms with Crippen molar-refractivity contribution in [3.05, 3.63) is 5.82 Å². The van der Waals surface area contributed by atoms with Gasteiger partial charge in [-0.25, -0.2) is 0 Å². The Morgan fingerprint density at radius 1 is 1.44 bits per heavy atom. The molecule has 6 nitrogen and oxygen atoms in total. The molecule has 6 heteroatoms. The van der Waals surface area contributed by atoms with E-state index in [1.165, 1.54) is 0 Å². The van der Waals surface area contributed by atoms with Gasteiger partial charge >= 0.3 is 0 Å². The number of ether oxygens (including phenoxy) is 1. The molecule has 0 spiro atoms. The van der Waals surface area contributed by atoms with Gasteiger partial charge in [-0.1, -0.05) is 0 Å². The van der Waals surface area contributed by atoms with Crippen molar-refractivity contribution in [1.82, 2.24) is 14.8 Å². The summed E-state index contributed by atoms with van der Waals surface area (Å²) in [6, 6.07) is 0. The maximum absolute atomic E-state index is 5.59. The molecule has 1 unspecified atom stereocenters. The zero-order valence-corrected chi connectivity index (χ0v) is 10.2. The Kier molecular flexibility index (Phi) is 5.21. The van der Waals surface area contributed by atoms with E-state index in [4.69, 9.17) is 10.5 Å². The minimum Gasteiger partial charge on any atom is -0.380 e. The van der Waals surface area contributed by atoms with Crippen LogP contribution < -0.4 is 11.1 Å². The molecule has 1 aromatic heterocycles. The molecule has 0 saturated heterocycles. The fourth-order valence-corrected chi connectivity index (χ4v) is 1.57. The smallest absolute Gasteiger partial charge is 0.224 e. The van der Waals surface area contributed by atoms with Gasteiger partial charge in [-0.3, -0.25) is 4.57 Å². The molecule has 0 saturated carbocycles. The van der Waals surface area contributed by atoms with Crippen LogP contribution >= 0.6 is 0 Å². The summed E-state index contributed by atoms with van der Waals surface area (Å²) in [5, 5.41) is 11.4. The molecule has 1 heterocycles. The van der Waals surface area contributed by atoms with E-state index < -0.39 is 0 Å². The summed E-state index contributed by atoms with van der Waals surface area (Å²) >= 11 is 0. The Morgan fingerprint density at radius 2 is 2.19 bits per heavy atom. The summed E-state index contributed by atoms with van der Waals surface area (Å²) in [7, 11) is 1.66. The van der Waals surface area contributed by atoms with Gasteiger partial charge in [-0.05, 0) is 13.8 Å². The molecular formula is C10H21N5O. The fourth-order valence-electron chi connectivity index (χ4n) is 1.57. The highest BCUT2D eigenvalue weighted by atomic mass is 16.5. The largest absolute Gasteiger partial charge is 0.380 e. The third kappa shape index (κ3) is 2.93. The second-order valence-corrected chi connectivity index (χ2v) is 3.51. The second-order valence-electron chi connectivity index (χ2n) is 3.51. The van der Waals surface area contributed by atoms with E-state index in [1.807, 2.05) is 11.5 Å². The summed E-state index contributed by atoms with van der Waals surface area (Å²) in [4.78, 5) is 0. The number of nitrogens with zero attached hydrogens (tertiary/aromatic N) is 3. The fraction of sp³-hybridized carbons (Fsp3) is 0.800. The molecule has 1 rings (SSSR count). The normalized spacial score (nSPS) is 12.8. The Bertz CT molecular complexity index is 308. The number of nitrogens with one attached hydrogen (secondary N) is 1. The average Bonchev–Trinajstić information content (AvgIpc) is 2.68. The highest BCUT2D eigenvalue weighted by molar-refractivity contribution is 5.25.